The fraction of sp³-hybridized carbons (Fsp3) is 0.533. The molecule has 0 amide bonds. The van der Waals surface area contributed by atoms with Gasteiger partial charge in [0.25, 0.3) is 0 Å². The molecule has 1 aliphatic heterocycles. The molecule has 1 N–H and O–H groups in total. The van der Waals surface area contributed by atoms with Gasteiger partial charge in [-0.15, -0.1) is 24.0 Å². The van der Waals surface area contributed by atoms with E-state index in [4.69, 9.17) is 4.52 Å². The van der Waals surface area contributed by atoms with Crippen LogP contribution in [0.4, 0.5) is 0 Å². The van der Waals surface area contributed by atoms with Crippen LogP contribution in [0.15, 0.2) is 34.2 Å². The highest BCUT2D eigenvalue weighted by molar-refractivity contribution is 14.0. The SMILES string of the molecule is CN=C(NCc1nccn1C)N1CCN(Cc2ccon2)CC1.I. The molecule has 0 saturated carbocycles. The third-order valence-electron chi connectivity index (χ3n) is 4.09. The number of nitrogens with zero attached hydrogens (tertiary/aromatic N) is 6. The topological polar surface area (TPSA) is 74.7 Å². The lowest BCUT2D eigenvalue weighted by Gasteiger charge is -2.36. The van der Waals surface area contributed by atoms with Crippen molar-refractivity contribution in [3.63, 3.8) is 0 Å². The fourth-order valence-electron chi connectivity index (χ4n) is 2.72. The third-order valence-corrected chi connectivity index (χ3v) is 4.09. The third kappa shape index (κ3) is 4.69. The second-order valence-corrected chi connectivity index (χ2v) is 5.61. The summed E-state index contributed by atoms with van der Waals surface area (Å²) in [6.45, 7) is 5.36. The summed E-state index contributed by atoms with van der Waals surface area (Å²) in [5.41, 5.74) is 0.982. The maximum atomic E-state index is 4.89. The predicted molar refractivity (Wildman–Crippen MR) is 102 cm³/mol. The molecule has 2 aromatic rings. The average Bonchev–Trinajstić information content (AvgIpc) is 3.21. The van der Waals surface area contributed by atoms with Crippen molar-refractivity contribution in [2.75, 3.05) is 33.2 Å². The summed E-state index contributed by atoms with van der Waals surface area (Å²) in [5, 5.41) is 7.36. The molecule has 8 nitrogen and oxygen atoms in total. The molecule has 24 heavy (non-hydrogen) atoms. The van der Waals surface area contributed by atoms with Gasteiger partial charge < -0.3 is 19.3 Å². The Morgan fingerprint density at radius 2 is 2.12 bits per heavy atom. The van der Waals surface area contributed by atoms with E-state index in [0.29, 0.717) is 6.54 Å². The van der Waals surface area contributed by atoms with Crippen molar-refractivity contribution in [2.24, 2.45) is 12.0 Å². The maximum absolute atomic E-state index is 4.89. The Morgan fingerprint density at radius 1 is 1.33 bits per heavy atom. The Labute approximate surface area is 158 Å². The van der Waals surface area contributed by atoms with E-state index in [-0.39, 0.29) is 24.0 Å². The molecule has 0 aromatic carbocycles. The number of guanidine groups is 1. The number of aromatic nitrogens is 3. The first-order valence-corrected chi connectivity index (χ1v) is 7.79. The number of imidazole rings is 1. The van der Waals surface area contributed by atoms with Crippen molar-refractivity contribution in [2.45, 2.75) is 13.1 Å². The molecular weight excluding hydrogens is 421 g/mol. The summed E-state index contributed by atoms with van der Waals surface area (Å²) >= 11 is 0. The van der Waals surface area contributed by atoms with Gasteiger partial charge in [0.05, 0.1) is 12.2 Å². The van der Waals surface area contributed by atoms with Crippen molar-refractivity contribution < 1.29 is 4.52 Å². The molecule has 0 unspecified atom stereocenters. The lowest BCUT2D eigenvalue weighted by Crippen LogP contribution is -2.52. The summed E-state index contributed by atoms with van der Waals surface area (Å²) in [6.07, 6.45) is 5.37. The number of rotatable bonds is 4. The first-order valence-electron chi connectivity index (χ1n) is 7.79. The zero-order chi connectivity index (χ0) is 16.1. The highest BCUT2D eigenvalue weighted by atomic mass is 127. The van der Waals surface area contributed by atoms with E-state index < -0.39 is 0 Å². The van der Waals surface area contributed by atoms with Crippen molar-refractivity contribution in [1.82, 2.24) is 29.8 Å². The minimum absolute atomic E-state index is 0. The van der Waals surface area contributed by atoms with Gasteiger partial charge in [-0.2, -0.15) is 0 Å². The molecule has 1 fully saturated rings. The summed E-state index contributed by atoms with van der Waals surface area (Å²) < 4.78 is 6.90. The standard InChI is InChI=1S/C15H23N7O.HI/c1-16-15(18-11-14-17-4-5-20(14)2)22-8-6-21(7-9-22)12-13-3-10-23-19-13;/h3-5,10H,6-9,11-12H2,1-2H3,(H,16,18);1H. The molecule has 0 spiro atoms. The van der Waals surface area contributed by atoms with Gasteiger partial charge in [-0.1, -0.05) is 5.16 Å². The van der Waals surface area contributed by atoms with Crippen LogP contribution in [0.1, 0.15) is 11.5 Å². The molecule has 0 bridgehead atoms. The van der Waals surface area contributed by atoms with E-state index in [1.165, 1.54) is 0 Å². The van der Waals surface area contributed by atoms with E-state index in [1.807, 2.05) is 37.1 Å². The number of aryl methyl sites for hydroxylation is 1. The molecule has 3 heterocycles. The van der Waals surface area contributed by atoms with Crippen molar-refractivity contribution in [3.8, 4) is 0 Å². The van der Waals surface area contributed by atoms with Gasteiger partial charge in [-0.25, -0.2) is 4.98 Å². The van der Waals surface area contributed by atoms with Crippen LogP contribution in [0, 0.1) is 0 Å². The smallest absolute Gasteiger partial charge is 0.194 e. The summed E-state index contributed by atoms with van der Waals surface area (Å²) in [5.74, 6) is 1.92. The predicted octanol–water partition coefficient (Wildman–Crippen LogP) is 0.919. The Hall–Kier alpha value is -1.62. The zero-order valence-electron chi connectivity index (χ0n) is 14.1. The van der Waals surface area contributed by atoms with E-state index >= 15 is 0 Å². The molecule has 132 valence electrons. The fourth-order valence-corrected chi connectivity index (χ4v) is 2.72. The largest absolute Gasteiger partial charge is 0.364 e. The summed E-state index contributed by atoms with van der Waals surface area (Å²) in [7, 11) is 3.82. The van der Waals surface area contributed by atoms with Crippen molar-refractivity contribution in [1.29, 1.82) is 0 Å². The maximum Gasteiger partial charge on any atom is 0.194 e. The highest BCUT2D eigenvalue weighted by Crippen LogP contribution is 2.07. The van der Waals surface area contributed by atoms with Gasteiger partial charge in [0, 0.05) is 65.3 Å². The van der Waals surface area contributed by atoms with Crippen LogP contribution in [0.25, 0.3) is 0 Å². The first kappa shape index (κ1) is 18.7. The molecule has 9 heteroatoms. The Morgan fingerprint density at radius 3 is 2.71 bits per heavy atom. The molecule has 1 aliphatic rings. The van der Waals surface area contributed by atoms with Crippen molar-refractivity contribution in [3.05, 3.63) is 36.2 Å². The quantitative estimate of drug-likeness (QED) is 0.429. The van der Waals surface area contributed by atoms with Gasteiger partial charge in [-0.3, -0.25) is 9.89 Å². The molecule has 2 aromatic heterocycles. The Kier molecular flexibility index (Phi) is 7.03. The lowest BCUT2D eigenvalue weighted by molar-refractivity contribution is 0.169. The molecule has 1 saturated heterocycles. The number of piperazine rings is 1. The van der Waals surface area contributed by atoms with Crippen LogP contribution in [0.5, 0.6) is 0 Å². The number of aliphatic imine (C=N–C) groups is 1. The van der Waals surface area contributed by atoms with Gasteiger partial charge in [-0.05, 0) is 0 Å². The van der Waals surface area contributed by atoms with Crippen LogP contribution < -0.4 is 5.32 Å². The number of hydrogen-bond donors (Lipinski definition) is 1. The number of hydrogen-bond acceptors (Lipinski definition) is 5. The number of nitrogens with one attached hydrogen (secondary N) is 1. The van der Waals surface area contributed by atoms with Crippen LogP contribution in [-0.2, 0) is 20.1 Å². The average molecular weight is 445 g/mol. The molecular formula is C15H24IN7O. The molecule has 0 aliphatic carbocycles. The van der Waals surface area contributed by atoms with Crippen molar-refractivity contribution >= 4 is 29.9 Å². The van der Waals surface area contributed by atoms with Gasteiger partial charge in [0.1, 0.15) is 12.1 Å². The van der Waals surface area contributed by atoms with E-state index in [1.54, 1.807) is 6.26 Å². The number of halogens is 1. The Balaban J connectivity index is 0.00000208. The van der Waals surface area contributed by atoms with E-state index in [0.717, 1.165) is 50.2 Å². The first-order chi connectivity index (χ1) is 11.3. The van der Waals surface area contributed by atoms with Crippen LogP contribution in [-0.4, -0.2) is 63.7 Å². The van der Waals surface area contributed by atoms with E-state index in [2.05, 4.69) is 30.2 Å². The zero-order valence-corrected chi connectivity index (χ0v) is 16.4. The monoisotopic (exact) mass is 445 g/mol. The lowest BCUT2D eigenvalue weighted by atomic mass is 10.3. The minimum atomic E-state index is 0. The second kappa shape index (κ2) is 9.02. The minimum Gasteiger partial charge on any atom is -0.364 e. The second-order valence-electron chi connectivity index (χ2n) is 5.61. The van der Waals surface area contributed by atoms with Gasteiger partial charge in [0.2, 0.25) is 0 Å². The molecule has 0 radical (unpaired) electrons. The van der Waals surface area contributed by atoms with Gasteiger partial charge >= 0.3 is 0 Å². The van der Waals surface area contributed by atoms with Gasteiger partial charge in [0.15, 0.2) is 5.96 Å². The van der Waals surface area contributed by atoms with E-state index in [9.17, 15) is 0 Å². The van der Waals surface area contributed by atoms with Crippen LogP contribution in [0.3, 0.4) is 0 Å². The molecule has 3 rings (SSSR count). The van der Waals surface area contributed by atoms with Crippen LogP contribution in [0.2, 0.25) is 0 Å². The van der Waals surface area contributed by atoms with Crippen LogP contribution >= 0.6 is 24.0 Å². The summed E-state index contributed by atoms with van der Waals surface area (Å²) in [6, 6.07) is 1.92. The normalized spacial score (nSPS) is 16.1. The molecule has 0 atom stereocenters. The highest BCUT2D eigenvalue weighted by Gasteiger charge is 2.20. The Bertz CT molecular complexity index is 632. The summed E-state index contributed by atoms with van der Waals surface area (Å²) in [4.78, 5) is 13.4.